The summed E-state index contributed by atoms with van der Waals surface area (Å²) in [6.45, 7) is 4.25. The first-order valence-corrected chi connectivity index (χ1v) is 8.88. The molecule has 3 aromatic rings. The molecule has 0 radical (unpaired) electrons. The first-order chi connectivity index (χ1) is 12.7. The predicted molar refractivity (Wildman–Crippen MR) is 104 cm³/mol. The second-order valence-corrected chi connectivity index (χ2v) is 6.97. The van der Waals surface area contributed by atoms with Gasteiger partial charge in [0.1, 0.15) is 5.82 Å². The number of hydrogen-bond acceptors (Lipinski definition) is 5. The number of fused-ring (bicyclic) bond motifs is 1. The van der Waals surface area contributed by atoms with Crippen LogP contribution in [-0.2, 0) is 0 Å². The van der Waals surface area contributed by atoms with Crippen LogP contribution >= 0.6 is 0 Å². The van der Waals surface area contributed by atoms with Crippen LogP contribution in [0.25, 0.3) is 22.2 Å². The van der Waals surface area contributed by atoms with E-state index in [0.29, 0.717) is 6.04 Å². The third-order valence-electron chi connectivity index (χ3n) is 4.99. The van der Waals surface area contributed by atoms with Crippen molar-refractivity contribution in [3.05, 3.63) is 35.5 Å². The fourth-order valence-corrected chi connectivity index (χ4v) is 3.67. The van der Waals surface area contributed by atoms with Gasteiger partial charge in [0, 0.05) is 29.1 Å². The predicted octanol–water partition coefficient (Wildman–Crippen LogP) is 2.82. The van der Waals surface area contributed by atoms with Gasteiger partial charge in [-0.3, -0.25) is 5.10 Å². The van der Waals surface area contributed by atoms with Crippen molar-refractivity contribution in [2.75, 3.05) is 25.5 Å². The molecule has 0 amide bonds. The first-order valence-electron chi connectivity index (χ1n) is 8.88. The van der Waals surface area contributed by atoms with E-state index in [9.17, 15) is 0 Å². The summed E-state index contributed by atoms with van der Waals surface area (Å²) in [7, 11) is 2.16. The maximum atomic E-state index is 5.58. The van der Waals surface area contributed by atoms with Crippen LogP contribution in [0.4, 0.5) is 5.82 Å². The number of likely N-dealkylation sites (N-methyl/N-ethyl adjacent to an activating group) is 1. The van der Waals surface area contributed by atoms with E-state index >= 15 is 0 Å². The molecule has 132 valence electrons. The van der Waals surface area contributed by atoms with Crippen LogP contribution < -0.4 is 5.32 Å². The molecule has 0 saturated carbocycles. The molecule has 0 spiro atoms. The zero-order valence-electron chi connectivity index (χ0n) is 15.1. The zero-order valence-corrected chi connectivity index (χ0v) is 15.1. The summed E-state index contributed by atoms with van der Waals surface area (Å²) in [6, 6.07) is 6.39. The van der Waals surface area contributed by atoms with Crippen molar-refractivity contribution in [2.45, 2.75) is 25.8 Å². The molecular formula is C20H22N6. The SMILES string of the molecule is C#Cc1ccc(-c2nnc(N[C@@H]3CCCN(C)C3)cc2C)c2[nH]ncc12. The van der Waals surface area contributed by atoms with E-state index < -0.39 is 0 Å². The molecule has 0 aliphatic carbocycles. The van der Waals surface area contributed by atoms with Crippen LogP contribution in [0.2, 0.25) is 0 Å². The van der Waals surface area contributed by atoms with Gasteiger partial charge in [-0.15, -0.1) is 16.6 Å². The Labute approximate surface area is 153 Å². The maximum absolute atomic E-state index is 5.58. The van der Waals surface area contributed by atoms with Crippen molar-refractivity contribution in [3.8, 4) is 23.6 Å². The summed E-state index contributed by atoms with van der Waals surface area (Å²) >= 11 is 0. The van der Waals surface area contributed by atoms with Gasteiger partial charge in [-0.1, -0.05) is 5.92 Å². The Balaban J connectivity index is 1.65. The lowest BCUT2D eigenvalue weighted by Gasteiger charge is -2.30. The fraction of sp³-hybridized carbons (Fsp3) is 0.350. The first kappa shape index (κ1) is 16.6. The molecule has 1 aliphatic heterocycles. The minimum atomic E-state index is 0.419. The van der Waals surface area contributed by atoms with E-state index in [1.165, 1.54) is 6.42 Å². The number of hydrogen-bond donors (Lipinski definition) is 2. The molecule has 1 fully saturated rings. The second-order valence-electron chi connectivity index (χ2n) is 6.97. The number of nitrogens with one attached hydrogen (secondary N) is 2. The molecular weight excluding hydrogens is 324 g/mol. The molecule has 1 atom stereocenters. The van der Waals surface area contributed by atoms with Gasteiger partial charge in [-0.2, -0.15) is 5.10 Å². The monoisotopic (exact) mass is 346 g/mol. The van der Waals surface area contributed by atoms with Gasteiger partial charge >= 0.3 is 0 Å². The molecule has 0 bridgehead atoms. The van der Waals surface area contributed by atoms with Crippen molar-refractivity contribution < 1.29 is 0 Å². The summed E-state index contributed by atoms with van der Waals surface area (Å²) in [5, 5.41) is 20.5. The quantitative estimate of drug-likeness (QED) is 0.714. The normalized spacial score (nSPS) is 18.0. The Morgan fingerprint density at radius 2 is 2.23 bits per heavy atom. The Morgan fingerprint density at radius 1 is 1.35 bits per heavy atom. The van der Waals surface area contributed by atoms with Crippen molar-refractivity contribution >= 4 is 16.7 Å². The maximum Gasteiger partial charge on any atom is 0.149 e. The van der Waals surface area contributed by atoms with Crippen LogP contribution in [0, 0.1) is 19.3 Å². The minimum absolute atomic E-state index is 0.419. The third kappa shape index (κ3) is 3.02. The number of benzene rings is 1. The number of terminal acetylenes is 1. The summed E-state index contributed by atoms with van der Waals surface area (Å²) < 4.78 is 0. The van der Waals surface area contributed by atoms with Gasteiger partial charge < -0.3 is 10.2 Å². The molecule has 6 nitrogen and oxygen atoms in total. The summed E-state index contributed by atoms with van der Waals surface area (Å²) in [4.78, 5) is 2.35. The average molecular weight is 346 g/mol. The Morgan fingerprint density at radius 3 is 3.00 bits per heavy atom. The number of nitrogens with zero attached hydrogens (tertiary/aromatic N) is 4. The Kier molecular flexibility index (Phi) is 4.31. The number of aromatic nitrogens is 4. The summed E-state index contributed by atoms with van der Waals surface area (Å²) in [5.41, 5.74) is 4.59. The highest BCUT2D eigenvalue weighted by atomic mass is 15.2. The van der Waals surface area contributed by atoms with Crippen LogP contribution in [0.5, 0.6) is 0 Å². The van der Waals surface area contributed by atoms with E-state index in [1.807, 2.05) is 12.1 Å². The molecule has 6 heteroatoms. The number of aromatic amines is 1. The molecule has 1 aliphatic rings. The number of rotatable bonds is 3. The fourth-order valence-electron chi connectivity index (χ4n) is 3.67. The number of anilines is 1. The number of likely N-dealkylation sites (tertiary alicyclic amines) is 1. The number of H-pyrrole nitrogens is 1. The van der Waals surface area contributed by atoms with E-state index in [1.54, 1.807) is 6.20 Å². The molecule has 26 heavy (non-hydrogen) atoms. The molecule has 1 aromatic carbocycles. The number of aryl methyl sites for hydroxylation is 1. The third-order valence-corrected chi connectivity index (χ3v) is 4.99. The Hall–Kier alpha value is -2.91. The second kappa shape index (κ2) is 6.77. The molecule has 1 saturated heterocycles. The summed E-state index contributed by atoms with van der Waals surface area (Å²) in [5.74, 6) is 3.52. The van der Waals surface area contributed by atoms with E-state index in [-0.39, 0.29) is 0 Å². The zero-order chi connectivity index (χ0) is 18.1. The van der Waals surface area contributed by atoms with Crippen molar-refractivity contribution in [3.63, 3.8) is 0 Å². The molecule has 2 N–H and O–H groups in total. The molecule has 3 heterocycles. The lowest BCUT2D eigenvalue weighted by Crippen LogP contribution is -2.39. The average Bonchev–Trinajstić information content (AvgIpc) is 3.11. The van der Waals surface area contributed by atoms with Gasteiger partial charge in [0.25, 0.3) is 0 Å². The lowest BCUT2D eigenvalue weighted by atomic mass is 10.0. The van der Waals surface area contributed by atoms with E-state index in [0.717, 1.165) is 58.6 Å². The van der Waals surface area contributed by atoms with Crippen LogP contribution in [0.1, 0.15) is 24.0 Å². The number of piperidine rings is 1. The molecule has 4 rings (SSSR count). The van der Waals surface area contributed by atoms with Gasteiger partial charge in [-0.25, -0.2) is 0 Å². The van der Waals surface area contributed by atoms with Gasteiger partial charge in [0.15, 0.2) is 0 Å². The Bertz CT molecular complexity index is 984. The van der Waals surface area contributed by atoms with Crippen molar-refractivity contribution in [1.29, 1.82) is 0 Å². The van der Waals surface area contributed by atoms with Crippen LogP contribution in [0.15, 0.2) is 24.4 Å². The van der Waals surface area contributed by atoms with E-state index in [2.05, 4.69) is 56.6 Å². The standard InChI is InChI=1S/C20H22N6/c1-4-14-7-8-16(20-17(14)11-21-24-20)19-13(2)10-18(23-25-19)22-15-6-5-9-26(3)12-15/h1,7-8,10-11,15H,5-6,9,12H2,2-3H3,(H,21,24)(H,22,23)/t15-/m1/s1. The van der Waals surface area contributed by atoms with Crippen molar-refractivity contribution in [1.82, 2.24) is 25.3 Å². The van der Waals surface area contributed by atoms with Crippen molar-refractivity contribution in [2.24, 2.45) is 0 Å². The highest BCUT2D eigenvalue weighted by molar-refractivity contribution is 5.96. The topological polar surface area (TPSA) is 69.7 Å². The van der Waals surface area contributed by atoms with Crippen LogP contribution in [0.3, 0.4) is 0 Å². The summed E-state index contributed by atoms with van der Waals surface area (Å²) in [6.07, 6.45) is 9.71. The van der Waals surface area contributed by atoms with Gasteiger partial charge in [0.05, 0.1) is 17.4 Å². The minimum Gasteiger partial charge on any atom is -0.365 e. The largest absolute Gasteiger partial charge is 0.365 e. The molecule has 2 aromatic heterocycles. The van der Waals surface area contributed by atoms with E-state index in [4.69, 9.17) is 6.42 Å². The van der Waals surface area contributed by atoms with Gasteiger partial charge in [-0.05, 0) is 57.1 Å². The highest BCUT2D eigenvalue weighted by Gasteiger charge is 2.18. The lowest BCUT2D eigenvalue weighted by molar-refractivity contribution is 0.260. The molecule has 0 unspecified atom stereocenters. The highest BCUT2D eigenvalue weighted by Crippen LogP contribution is 2.30. The smallest absolute Gasteiger partial charge is 0.149 e. The van der Waals surface area contributed by atoms with Crippen LogP contribution in [-0.4, -0.2) is 51.5 Å². The van der Waals surface area contributed by atoms with Gasteiger partial charge in [0.2, 0.25) is 0 Å².